The number of benzene rings is 3. The maximum absolute atomic E-state index is 14.2. The van der Waals surface area contributed by atoms with E-state index in [0.717, 1.165) is 28.2 Å². The number of aromatic nitrogens is 2. The number of rotatable bonds is 6. The molecular weight excluding hydrogens is 565 g/mol. The number of hydrogen-bond acceptors (Lipinski definition) is 4. The normalized spacial score (nSPS) is 15.0. The van der Waals surface area contributed by atoms with E-state index in [4.69, 9.17) is 4.99 Å². The van der Waals surface area contributed by atoms with Crippen LogP contribution in [-0.2, 0) is 4.79 Å². The third kappa shape index (κ3) is 5.40. The van der Waals surface area contributed by atoms with Gasteiger partial charge in [0.15, 0.2) is 4.80 Å². The Morgan fingerprint density at radius 1 is 0.932 bits per heavy atom. The number of allylic oxidation sites excluding steroid dienone is 1. The summed E-state index contributed by atoms with van der Waals surface area (Å²) in [6.07, 6.45) is 1.96. The fourth-order valence-electron chi connectivity index (χ4n) is 5.88. The van der Waals surface area contributed by atoms with Gasteiger partial charge in [-0.05, 0) is 86.7 Å². The van der Waals surface area contributed by atoms with E-state index in [9.17, 15) is 9.59 Å². The Kier molecular flexibility index (Phi) is 7.82. The lowest BCUT2D eigenvalue weighted by Crippen LogP contribution is -2.40. The van der Waals surface area contributed by atoms with Gasteiger partial charge in [-0.2, -0.15) is 0 Å². The smallest absolute Gasteiger partial charge is 0.271 e. The first-order valence-corrected chi connectivity index (χ1v) is 15.7. The summed E-state index contributed by atoms with van der Waals surface area (Å²) in [7, 11) is 0. The van der Waals surface area contributed by atoms with E-state index in [1.54, 1.807) is 4.57 Å². The minimum atomic E-state index is -0.613. The van der Waals surface area contributed by atoms with E-state index in [2.05, 4.69) is 87.0 Å². The summed E-state index contributed by atoms with van der Waals surface area (Å²) >= 11 is 1.36. The van der Waals surface area contributed by atoms with Gasteiger partial charge in [0.25, 0.3) is 11.5 Å². The average Bonchev–Trinajstić information content (AvgIpc) is 3.46. The molecule has 0 saturated carbocycles. The van der Waals surface area contributed by atoms with Gasteiger partial charge in [-0.3, -0.25) is 14.2 Å². The van der Waals surface area contributed by atoms with Gasteiger partial charge in [-0.25, -0.2) is 4.99 Å². The van der Waals surface area contributed by atoms with Crippen LogP contribution in [0, 0.1) is 20.8 Å². The number of thiazole rings is 1. The molecule has 1 N–H and O–H groups in total. The molecule has 3 aromatic carbocycles. The van der Waals surface area contributed by atoms with Crippen molar-refractivity contribution in [2.75, 3.05) is 5.32 Å². The van der Waals surface area contributed by atoms with Crippen LogP contribution in [0.25, 0.3) is 11.8 Å². The zero-order valence-corrected chi connectivity index (χ0v) is 26.7. The fraction of sp³-hybridized carbons (Fsp3) is 0.216. The minimum absolute atomic E-state index is 0.163. The maximum Gasteiger partial charge on any atom is 0.271 e. The van der Waals surface area contributed by atoms with E-state index in [0.29, 0.717) is 32.2 Å². The topological polar surface area (TPSA) is 68.4 Å². The summed E-state index contributed by atoms with van der Waals surface area (Å²) in [4.78, 5) is 33.5. The molecule has 0 spiro atoms. The Bertz CT molecular complexity index is 2080. The number of nitrogens with one attached hydrogen (secondary N) is 1. The van der Waals surface area contributed by atoms with E-state index < -0.39 is 6.04 Å². The van der Waals surface area contributed by atoms with Crippen molar-refractivity contribution in [1.82, 2.24) is 9.13 Å². The van der Waals surface area contributed by atoms with Crippen LogP contribution >= 0.6 is 11.3 Å². The number of para-hydroxylation sites is 1. The van der Waals surface area contributed by atoms with Crippen LogP contribution in [0.3, 0.4) is 0 Å². The number of fused-ring (bicyclic) bond motifs is 1. The number of aryl methyl sites for hydroxylation is 2. The largest absolute Gasteiger partial charge is 0.322 e. The highest BCUT2D eigenvalue weighted by molar-refractivity contribution is 7.07. The molecule has 1 aliphatic rings. The molecule has 3 heterocycles. The molecule has 6 nitrogen and oxygen atoms in total. The summed E-state index contributed by atoms with van der Waals surface area (Å²) < 4.78 is 4.47. The van der Waals surface area contributed by atoms with Crippen LogP contribution in [0.2, 0.25) is 0 Å². The third-order valence-electron chi connectivity index (χ3n) is 8.27. The highest BCUT2D eigenvalue weighted by Crippen LogP contribution is 2.32. The average molecular weight is 601 g/mol. The minimum Gasteiger partial charge on any atom is -0.322 e. The van der Waals surface area contributed by atoms with Crippen LogP contribution in [0.15, 0.2) is 106 Å². The van der Waals surface area contributed by atoms with Crippen LogP contribution in [0.4, 0.5) is 5.69 Å². The number of anilines is 1. The highest BCUT2D eigenvalue weighted by Gasteiger charge is 2.32. The molecular formula is C37H36N4O2S. The molecule has 0 fully saturated rings. The van der Waals surface area contributed by atoms with Gasteiger partial charge in [-0.15, -0.1) is 0 Å². The number of nitrogens with zero attached hydrogens (tertiary/aromatic N) is 3. The van der Waals surface area contributed by atoms with Gasteiger partial charge in [0.05, 0.1) is 21.8 Å². The van der Waals surface area contributed by atoms with Crippen LogP contribution < -0.4 is 20.2 Å². The highest BCUT2D eigenvalue weighted by atomic mass is 32.1. The van der Waals surface area contributed by atoms with E-state index in [-0.39, 0.29) is 11.5 Å². The molecule has 2 aromatic heterocycles. The number of hydrogen-bond donors (Lipinski definition) is 1. The molecule has 1 aliphatic heterocycles. The Balaban J connectivity index is 1.49. The first kappa shape index (κ1) is 29.3. The fourth-order valence-corrected chi connectivity index (χ4v) is 6.91. The van der Waals surface area contributed by atoms with Gasteiger partial charge in [0, 0.05) is 22.8 Å². The Hall–Kier alpha value is -4.75. The predicted octanol–water partition coefficient (Wildman–Crippen LogP) is 6.71. The van der Waals surface area contributed by atoms with Crippen molar-refractivity contribution >= 4 is 29.0 Å². The lowest BCUT2D eigenvalue weighted by molar-refractivity contribution is -0.113. The zero-order chi connectivity index (χ0) is 31.1. The van der Waals surface area contributed by atoms with E-state index in [1.165, 1.54) is 22.5 Å². The van der Waals surface area contributed by atoms with Crippen molar-refractivity contribution in [3.05, 3.63) is 150 Å². The van der Waals surface area contributed by atoms with Gasteiger partial charge in [0.2, 0.25) is 0 Å². The van der Waals surface area contributed by atoms with Crippen molar-refractivity contribution in [3.8, 4) is 5.69 Å². The second-order valence-electron chi connectivity index (χ2n) is 11.7. The maximum atomic E-state index is 14.2. The molecule has 1 atom stereocenters. The number of carbonyl (C=O) groups is 1. The lowest BCUT2D eigenvalue weighted by Gasteiger charge is -2.25. The van der Waals surface area contributed by atoms with Gasteiger partial charge in [0.1, 0.15) is 0 Å². The summed E-state index contributed by atoms with van der Waals surface area (Å²) in [5, 5.41) is 3.02. The lowest BCUT2D eigenvalue weighted by atomic mass is 9.93. The van der Waals surface area contributed by atoms with Crippen molar-refractivity contribution in [3.63, 3.8) is 0 Å². The Morgan fingerprint density at radius 2 is 1.61 bits per heavy atom. The molecule has 44 heavy (non-hydrogen) atoms. The van der Waals surface area contributed by atoms with Crippen molar-refractivity contribution in [2.24, 2.45) is 4.99 Å². The summed E-state index contributed by atoms with van der Waals surface area (Å²) in [6, 6.07) is 27.5. The van der Waals surface area contributed by atoms with Crippen molar-refractivity contribution < 1.29 is 4.79 Å². The third-order valence-corrected chi connectivity index (χ3v) is 9.25. The standard InChI is InChI=1S/C37H36N4O2S/c1-22(2)27-14-16-28(17-15-27)34-33(35(42)39-30-10-8-7-9-11-30)25(5)38-37-41(34)36(43)32(44-37)21-29-20-24(4)40(26(29)6)31-18-12-23(3)13-19-31/h7-22,34H,1-6H3,(H,39,42)/b32-21-/t34-/m0/s1. The van der Waals surface area contributed by atoms with Crippen molar-refractivity contribution in [2.45, 2.75) is 53.5 Å². The second-order valence-corrected chi connectivity index (χ2v) is 12.7. The van der Waals surface area contributed by atoms with E-state index >= 15 is 0 Å². The van der Waals surface area contributed by atoms with E-state index in [1.807, 2.05) is 55.5 Å². The molecule has 0 unspecified atom stereocenters. The molecule has 1 amide bonds. The summed E-state index contributed by atoms with van der Waals surface area (Å²) in [6.45, 7) is 12.4. The SMILES string of the molecule is CC1=C(C(=O)Nc2ccccc2)[C@H](c2ccc(C(C)C)cc2)n2c(s/c(=C\c3cc(C)n(-c4ccc(C)cc4)c3C)c2=O)=N1. The molecule has 0 aliphatic carbocycles. The molecule has 222 valence electrons. The molecule has 0 bridgehead atoms. The molecule has 5 aromatic rings. The monoisotopic (exact) mass is 600 g/mol. The summed E-state index contributed by atoms with van der Waals surface area (Å²) in [5.74, 6) is 0.0920. The molecule has 6 rings (SSSR count). The van der Waals surface area contributed by atoms with Gasteiger partial charge in [-0.1, -0.05) is 85.3 Å². The predicted molar refractivity (Wildman–Crippen MR) is 179 cm³/mol. The number of amides is 1. The zero-order valence-electron chi connectivity index (χ0n) is 25.9. The van der Waals surface area contributed by atoms with Crippen LogP contribution in [0.5, 0.6) is 0 Å². The van der Waals surface area contributed by atoms with Gasteiger partial charge >= 0.3 is 0 Å². The first-order chi connectivity index (χ1) is 21.1. The molecule has 0 radical (unpaired) electrons. The Morgan fingerprint density at radius 3 is 2.27 bits per heavy atom. The van der Waals surface area contributed by atoms with Crippen molar-refractivity contribution in [1.29, 1.82) is 0 Å². The van der Waals surface area contributed by atoms with Crippen LogP contribution in [-0.4, -0.2) is 15.0 Å². The quantitative estimate of drug-likeness (QED) is 0.235. The second kappa shape index (κ2) is 11.7. The Labute approximate surface area is 261 Å². The molecule has 7 heteroatoms. The number of carbonyl (C=O) groups excluding carboxylic acids is 1. The first-order valence-electron chi connectivity index (χ1n) is 14.9. The molecule has 0 saturated heterocycles. The van der Waals surface area contributed by atoms with Crippen LogP contribution in [0.1, 0.15) is 66.4 Å². The van der Waals surface area contributed by atoms with Gasteiger partial charge < -0.3 is 9.88 Å². The summed E-state index contributed by atoms with van der Waals surface area (Å²) in [5.41, 5.74) is 9.06.